The molecule has 1 fully saturated rings. The van der Waals surface area contributed by atoms with Crippen LogP contribution in [0.25, 0.3) is 6.08 Å². The molecule has 4 amide bonds. The lowest BCUT2D eigenvalue weighted by Crippen LogP contribution is -2.53. The molecule has 34 heavy (non-hydrogen) atoms. The van der Waals surface area contributed by atoms with Crippen LogP contribution >= 0.6 is 11.6 Å². The lowest BCUT2D eigenvalue weighted by Gasteiger charge is -2.26. The van der Waals surface area contributed by atoms with Crippen LogP contribution in [-0.2, 0) is 16.1 Å². The lowest BCUT2D eigenvalue weighted by atomic mass is 10.1. The third-order valence-electron chi connectivity index (χ3n) is 4.95. The third-order valence-corrected chi connectivity index (χ3v) is 5.18. The highest BCUT2D eigenvalue weighted by Crippen LogP contribution is 2.30. The zero-order valence-corrected chi connectivity index (χ0v) is 20.1. The van der Waals surface area contributed by atoms with E-state index in [0.717, 1.165) is 17.7 Å². The van der Waals surface area contributed by atoms with Crippen LogP contribution in [0.1, 0.15) is 37.8 Å². The number of hydrogen-bond donors (Lipinski definition) is 1. The molecule has 2 aromatic carbocycles. The molecule has 0 aromatic heterocycles. The monoisotopic (exact) mass is 486 g/mol. The van der Waals surface area contributed by atoms with Gasteiger partial charge in [0.1, 0.15) is 11.3 Å². The summed E-state index contributed by atoms with van der Waals surface area (Å²) in [6.45, 7) is 4.90. The average molecular weight is 487 g/mol. The highest BCUT2D eigenvalue weighted by molar-refractivity contribution is 6.32. The summed E-state index contributed by atoms with van der Waals surface area (Å²) in [7, 11) is 1.51. The summed E-state index contributed by atoms with van der Waals surface area (Å²) < 4.78 is 16.7. The molecule has 1 saturated heterocycles. The van der Waals surface area contributed by atoms with Crippen LogP contribution in [-0.4, -0.2) is 43.1 Å². The summed E-state index contributed by atoms with van der Waals surface area (Å²) in [6.07, 6.45) is 3.01. The van der Waals surface area contributed by atoms with E-state index in [1.54, 1.807) is 36.4 Å². The van der Waals surface area contributed by atoms with E-state index < -0.39 is 17.8 Å². The Bertz CT molecular complexity index is 1110. The van der Waals surface area contributed by atoms with Crippen LogP contribution in [0, 0.1) is 0 Å². The van der Waals surface area contributed by atoms with E-state index in [0.29, 0.717) is 46.6 Å². The summed E-state index contributed by atoms with van der Waals surface area (Å²) in [4.78, 5) is 39.1. The molecule has 1 aliphatic heterocycles. The molecule has 0 atom stereocenters. The van der Waals surface area contributed by atoms with Crippen LogP contribution in [0.3, 0.4) is 0 Å². The number of nitrogens with zero attached hydrogens (tertiary/aromatic N) is 1. The summed E-state index contributed by atoms with van der Waals surface area (Å²) >= 11 is 6.12. The molecule has 0 bridgehead atoms. The van der Waals surface area contributed by atoms with Crippen LogP contribution in [0.15, 0.2) is 42.0 Å². The Morgan fingerprint density at radius 2 is 1.62 bits per heavy atom. The highest BCUT2D eigenvalue weighted by Gasteiger charge is 2.36. The minimum absolute atomic E-state index is 0.0611. The van der Waals surface area contributed by atoms with Gasteiger partial charge in [0.25, 0.3) is 11.8 Å². The topological polar surface area (TPSA) is 94.2 Å². The number of nitrogens with one attached hydrogen (secondary N) is 1. The number of halogens is 1. The fourth-order valence-electron chi connectivity index (χ4n) is 3.29. The number of benzene rings is 2. The summed E-state index contributed by atoms with van der Waals surface area (Å²) in [5.74, 6) is 0.0300. The third kappa shape index (κ3) is 5.88. The first-order chi connectivity index (χ1) is 16.4. The van der Waals surface area contributed by atoms with Crippen molar-refractivity contribution < 1.29 is 28.6 Å². The maximum absolute atomic E-state index is 13.2. The number of ether oxygens (including phenoxy) is 3. The summed E-state index contributed by atoms with van der Waals surface area (Å²) in [5, 5.41) is 2.65. The minimum atomic E-state index is -0.800. The zero-order valence-electron chi connectivity index (χ0n) is 19.4. The highest BCUT2D eigenvalue weighted by atomic mass is 35.5. The van der Waals surface area contributed by atoms with Crippen LogP contribution in [0.4, 0.5) is 4.79 Å². The number of urea groups is 1. The molecule has 9 heteroatoms. The molecule has 2 aromatic rings. The average Bonchev–Trinajstić information content (AvgIpc) is 2.82. The van der Waals surface area contributed by atoms with Crippen LogP contribution < -0.4 is 19.5 Å². The first kappa shape index (κ1) is 25.1. The Morgan fingerprint density at radius 3 is 2.29 bits per heavy atom. The van der Waals surface area contributed by atoms with E-state index in [9.17, 15) is 14.4 Å². The molecule has 180 valence electrons. The van der Waals surface area contributed by atoms with Crippen molar-refractivity contribution in [2.24, 2.45) is 0 Å². The fraction of sp³-hybridized carbons (Fsp3) is 0.320. The van der Waals surface area contributed by atoms with Crippen molar-refractivity contribution in [3.05, 3.63) is 58.1 Å². The van der Waals surface area contributed by atoms with Gasteiger partial charge in [0, 0.05) is 10.6 Å². The Labute approximate surface area is 203 Å². The molecule has 0 unspecified atom stereocenters. The van der Waals surface area contributed by atoms with Crippen molar-refractivity contribution in [2.45, 2.75) is 33.2 Å². The van der Waals surface area contributed by atoms with Crippen molar-refractivity contribution in [2.75, 3.05) is 20.3 Å². The molecule has 0 saturated carbocycles. The van der Waals surface area contributed by atoms with E-state index in [1.165, 1.54) is 13.2 Å². The van der Waals surface area contributed by atoms with Gasteiger partial charge < -0.3 is 14.2 Å². The Kier molecular flexibility index (Phi) is 8.54. The maximum atomic E-state index is 13.2. The van der Waals surface area contributed by atoms with E-state index in [4.69, 9.17) is 25.8 Å². The first-order valence-electron chi connectivity index (χ1n) is 11.0. The molecule has 1 aliphatic rings. The second-order valence-corrected chi connectivity index (χ2v) is 8.01. The van der Waals surface area contributed by atoms with Crippen LogP contribution in [0.2, 0.25) is 5.02 Å². The minimum Gasteiger partial charge on any atom is -0.493 e. The molecule has 8 nitrogen and oxygen atoms in total. The zero-order chi connectivity index (χ0) is 24.7. The number of carbonyl (C=O) groups excluding carboxylic acids is 3. The second kappa shape index (κ2) is 11.6. The van der Waals surface area contributed by atoms with Gasteiger partial charge in [-0.25, -0.2) is 4.79 Å². The number of hydrogen-bond acceptors (Lipinski definition) is 6. The molecule has 3 rings (SSSR count). The van der Waals surface area contributed by atoms with Gasteiger partial charge in [0.15, 0.2) is 11.5 Å². The second-order valence-electron chi connectivity index (χ2n) is 7.57. The molecular formula is C25H27ClN2O6. The normalized spacial score (nSPS) is 14.9. The summed E-state index contributed by atoms with van der Waals surface area (Å²) in [6, 6.07) is 9.29. The van der Waals surface area contributed by atoms with E-state index in [2.05, 4.69) is 5.32 Å². The van der Waals surface area contributed by atoms with E-state index >= 15 is 0 Å². The lowest BCUT2D eigenvalue weighted by molar-refractivity contribution is -0.130. The predicted octanol–water partition coefficient (Wildman–Crippen LogP) is 4.59. The Morgan fingerprint density at radius 1 is 0.941 bits per heavy atom. The van der Waals surface area contributed by atoms with Crippen molar-refractivity contribution >= 4 is 35.5 Å². The van der Waals surface area contributed by atoms with Gasteiger partial charge in [-0.3, -0.25) is 19.8 Å². The SMILES string of the molecule is CCCOc1ccc(Cl)cc1/C=C1\C(=O)NC(=O)N(Cc2ccc(OCCC)c(OC)c2)C1=O. The number of barbiturate groups is 1. The summed E-state index contributed by atoms with van der Waals surface area (Å²) in [5.41, 5.74) is 0.901. The van der Waals surface area contributed by atoms with Gasteiger partial charge in [-0.2, -0.15) is 0 Å². The molecule has 1 heterocycles. The number of amides is 4. The van der Waals surface area contributed by atoms with Gasteiger partial charge in [-0.15, -0.1) is 0 Å². The largest absolute Gasteiger partial charge is 0.493 e. The van der Waals surface area contributed by atoms with Gasteiger partial charge >= 0.3 is 6.03 Å². The smallest absolute Gasteiger partial charge is 0.331 e. The van der Waals surface area contributed by atoms with E-state index in [1.807, 2.05) is 13.8 Å². The molecule has 0 spiro atoms. The Balaban J connectivity index is 1.89. The molecule has 0 radical (unpaired) electrons. The first-order valence-corrected chi connectivity index (χ1v) is 11.4. The predicted molar refractivity (Wildman–Crippen MR) is 128 cm³/mol. The Hall–Kier alpha value is -3.52. The number of rotatable bonds is 10. The van der Waals surface area contributed by atoms with Gasteiger partial charge in [0.2, 0.25) is 0 Å². The van der Waals surface area contributed by atoms with Crippen molar-refractivity contribution in [1.82, 2.24) is 10.2 Å². The van der Waals surface area contributed by atoms with E-state index in [-0.39, 0.29) is 12.1 Å². The molecular weight excluding hydrogens is 460 g/mol. The van der Waals surface area contributed by atoms with Crippen molar-refractivity contribution in [1.29, 1.82) is 0 Å². The van der Waals surface area contributed by atoms with Gasteiger partial charge in [0.05, 0.1) is 26.9 Å². The molecule has 1 N–H and O–H groups in total. The maximum Gasteiger partial charge on any atom is 0.331 e. The van der Waals surface area contributed by atoms with Gasteiger partial charge in [-0.05, 0) is 54.8 Å². The van der Waals surface area contributed by atoms with Crippen molar-refractivity contribution in [3.8, 4) is 17.2 Å². The molecule has 0 aliphatic carbocycles. The fourth-order valence-corrected chi connectivity index (χ4v) is 3.47. The number of methoxy groups -OCH3 is 1. The number of imide groups is 2. The van der Waals surface area contributed by atoms with Gasteiger partial charge in [-0.1, -0.05) is 31.5 Å². The quantitative estimate of drug-likeness (QED) is 0.390. The standard InChI is InChI=1S/C25H27ClN2O6/c1-4-10-33-20-9-7-18(26)13-17(20)14-19-23(29)27-25(31)28(24(19)30)15-16-6-8-21(34-11-5-2)22(12-16)32-3/h6-9,12-14H,4-5,10-11,15H2,1-3H3,(H,27,29,31)/b19-14+. The number of carbonyl (C=O) groups is 3. The van der Waals surface area contributed by atoms with Crippen molar-refractivity contribution in [3.63, 3.8) is 0 Å². The van der Waals surface area contributed by atoms with Crippen LogP contribution in [0.5, 0.6) is 17.2 Å².